The molecule has 1 atom stereocenters. The van der Waals surface area contributed by atoms with E-state index in [1.165, 1.54) is 25.7 Å². The smallest absolute Gasteiger partial charge is 0.324 e. The molecule has 2 rings (SSSR count). The summed E-state index contributed by atoms with van der Waals surface area (Å²) in [7, 11) is 0. The fourth-order valence-corrected chi connectivity index (χ4v) is 4.07. The summed E-state index contributed by atoms with van der Waals surface area (Å²) < 4.78 is 0. The summed E-state index contributed by atoms with van der Waals surface area (Å²) in [5.74, 6) is 1.01. The van der Waals surface area contributed by atoms with Gasteiger partial charge in [0, 0.05) is 6.54 Å². The predicted octanol–water partition coefficient (Wildman–Crippen LogP) is 3.53. The van der Waals surface area contributed by atoms with Crippen molar-refractivity contribution in [1.29, 1.82) is 0 Å². The molecule has 1 N–H and O–H groups in total. The van der Waals surface area contributed by atoms with Crippen molar-refractivity contribution in [3.05, 3.63) is 0 Å². The largest absolute Gasteiger partial charge is 0.480 e. The van der Waals surface area contributed by atoms with Crippen LogP contribution in [-0.4, -0.2) is 34.6 Å². The van der Waals surface area contributed by atoms with Crippen LogP contribution in [0.2, 0.25) is 0 Å². The maximum Gasteiger partial charge on any atom is 0.324 e. The van der Waals surface area contributed by atoms with Gasteiger partial charge in [-0.2, -0.15) is 0 Å². The van der Waals surface area contributed by atoms with Crippen LogP contribution in [0.25, 0.3) is 0 Å². The van der Waals surface area contributed by atoms with Gasteiger partial charge in [0.05, 0.1) is 0 Å². The third-order valence-corrected chi connectivity index (χ3v) is 5.30. The van der Waals surface area contributed by atoms with Gasteiger partial charge in [-0.15, -0.1) is 0 Å². The fourth-order valence-electron chi connectivity index (χ4n) is 4.07. The molecule has 1 aliphatic carbocycles. The fraction of sp³-hybridized carbons (Fsp3) is 0.938. The lowest BCUT2D eigenvalue weighted by atomic mass is 9.82. The molecule has 19 heavy (non-hydrogen) atoms. The highest BCUT2D eigenvalue weighted by atomic mass is 16.4. The minimum atomic E-state index is -0.587. The van der Waals surface area contributed by atoms with E-state index in [9.17, 15) is 9.90 Å². The zero-order valence-electron chi connectivity index (χ0n) is 12.5. The molecule has 0 spiro atoms. The molecule has 0 radical (unpaired) electrons. The lowest BCUT2D eigenvalue weighted by molar-refractivity contribution is -0.150. The van der Waals surface area contributed by atoms with E-state index >= 15 is 0 Å². The Morgan fingerprint density at radius 3 is 2.58 bits per heavy atom. The van der Waals surface area contributed by atoms with Crippen molar-refractivity contribution in [2.24, 2.45) is 11.8 Å². The van der Waals surface area contributed by atoms with Gasteiger partial charge in [-0.25, -0.2) is 0 Å². The molecular formula is C16H29NO2. The Hall–Kier alpha value is -0.570. The van der Waals surface area contributed by atoms with Gasteiger partial charge in [0.2, 0.25) is 0 Å². The standard InChI is InChI=1S/C16H29NO2/c1-3-9-16(15(18)19)10-4-11-17(16)12-14-7-5-13(2)6-8-14/h13-14H,3-12H2,1-2H3,(H,18,19). The van der Waals surface area contributed by atoms with Gasteiger partial charge in [0.15, 0.2) is 0 Å². The summed E-state index contributed by atoms with van der Waals surface area (Å²) in [6.45, 7) is 6.44. The quantitative estimate of drug-likeness (QED) is 0.828. The maximum absolute atomic E-state index is 11.8. The zero-order valence-corrected chi connectivity index (χ0v) is 12.5. The Balaban J connectivity index is 1.99. The molecule has 1 saturated heterocycles. The lowest BCUT2D eigenvalue weighted by Crippen LogP contribution is -2.52. The Morgan fingerprint density at radius 2 is 2.00 bits per heavy atom. The van der Waals surface area contributed by atoms with Gasteiger partial charge in [-0.1, -0.05) is 33.1 Å². The summed E-state index contributed by atoms with van der Waals surface area (Å²) >= 11 is 0. The second-order valence-corrected chi connectivity index (χ2v) is 6.76. The van der Waals surface area contributed by atoms with E-state index in [-0.39, 0.29) is 0 Å². The first-order chi connectivity index (χ1) is 9.08. The molecule has 1 saturated carbocycles. The van der Waals surface area contributed by atoms with Gasteiger partial charge < -0.3 is 5.11 Å². The number of hydrogen-bond donors (Lipinski definition) is 1. The van der Waals surface area contributed by atoms with Gasteiger partial charge in [0.1, 0.15) is 5.54 Å². The molecule has 0 bridgehead atoms. The van der Waals surface area contributed by atoms with Gasteiger partial charge in [-0.05, 0) is 50.5 Å². The first-order valence-corrected chi connectivity index (χ1v) is 8.07. The van der Waals surface area contributed by atoms with E-state index in [0.29, 0.717) is 0 Å². The van der Waals surface area contributed by atoms with Crippen molar-refractivity contribution >= 4 is 5.97 Å². The van der Waals surface area contributed by atoms with E-state index in [4.69, 9.17) is 0 Å². The van der Waals surface area contributed by atoms with E-state index in [0.717, 1.165) is 50.6 Å². The molecule has 1 unspecified atom stereocenters. The molecule has 0 amide bonds. The molecule has 1 aliphatic heterocycles. The highest BCUT2D eigenvalue weighted by Crippen LogP contribution is 2.37. The Labute approximate surface area is 117 Å². The molecule has 0 aromatic carbocycles. The average Bonchev–Trinajstić information content (AvgIpc) is 2.77. The minimum Gasteiger partial charge on any atom is -0.480 e. The molecule has 0 aromatic heterocycles. The monoisotopic (exact) mass is 267 g/mol. The van der Waals surface area contributed by atoms with Crippen LogP contribution in [0, 0.1) is 11.8 Å². The Morgan fingerprint density at radius 1 is 1.32 bits per heavy atom. The summed E-state index contributed by atoms with van der Waals surface area (Å²) in [5.41, 5.74) is -0.544. The summed E-state index contributed by atoms with van der Waals surface area (Å²) in [4.78, 5) is 14.1. The molecule has 2 aliphatic rings. The first-order valence-electron chi connectivity index (χ1n) is 8.07. The van der Waals surface area contributed by atoms with Crippen LogP contribution in [-0.2, 0) is 4.79 Å². The average molecular weight is 267 g/mol. The number of nitrogens with zero attached hydrogens (tertiary/aromatic N) is 1. The van der Waals surface area contributed by atoms with Crippen LogP contribution < -0.4 is 0 Å². The van der Waals surface area contributed by atoms with Crippen LogP contribution in [0.4, 0.5) is 0 Å². The number of hydrogen-bond acceptors (Lipinski definition) is 2. The van der Waals surface area contributed by atoms with Crippen molar-refractivity contribution in [3.8, 4) is 0 Å². The van der Waals surface area contributed by atoms with Gasteiger partial charge in [0.25, 0.3) is 0 Å². The second-order valence-electron chi connectivity index (χ2n) is 6.76. The van der Waals surface area contributed by atoms with Crippen LogP contribution >= 0.6 is 0 Å². The third kappa shape index (κ3) is 3.13. The number of aliphatic carboxylic acids is 1. The van der Waals surface area contributed by atoms with E-state index in [1.54, 1.807) is 0 Å². The highest BCUT2D eigenvalue weighted by molar-refractivity contribution is 5.79. The van der Waals surface area contributed by atoms with Crippen LogP contribution in [0.1, 0.15) is 65.2 Å². The molecule has 2 fully saturated rings. The maximum atomic E-state index is 11.8. The van der Waals surface area contributed by atoms with Crippen LogP contribution in [0.5, 0.6) is 0 Å². The van der Waals surface area contributed by atoms with Gasteiger partial charge >= 0.3 is 5.97 Å². The van der Waals surface area contributed by atoms with Gasteiger partial charge in [-0.3, -0.25) is 9.69 Å². The third-order valence-electron chi connectivity index (χ3n) is 5.30. The molecule has 3 nitrogen and oxygen atoms in total. The lowest BCUT2D eigenvalue weighted by Gasteiger charge is -2.38. The molecule has 110 valence electrons. The SMILES string of the molecule is CCCC1(C(=O)O)CCCN1CC1CCC(C)CC1. The molecule has 0 aromatic rings. The number of carboxylic acids is 1. The second kappa shape index (κ2) is 6.25. The molecule has 1 heterocycles. The zero-order chi connectivity index (χ0) is 13.9. The number of carbonyl (C=O) groups is 1. The topological polar surface area (TPSA) is 40.5 Å². The summed E-state index contributed by atoms with van der Waals surface area (Å²) in [6.07, 6.45) is 8.91. The Kier molecular flexibility index (Phi) is 4.88. The number of carboxylic acid groups (broad SMARTS) is 1. The van der Waals surface area contributed by atoms with Crippen molar-refractivity contribution in [2.75, 3.05) is 13.1 Å². The Bertz CT molecular complexity index is 310. The van der Waals surface area contributed by atoms with E-state index in [2.05, 4.69) is 18.7 Å². The van der Waals surface area contributed by atoms with Crippen LogP contribution in [0.15, 0.2) is 0 Å². The molecular weight excluding hydrogens is 238 g/mol. The predicted molar refractivity (Wildman–Crippen MR) is 77.2 cm³/mol. The van der Waals surface area contributed by atoms with E-state index in [1.807, 2.05) is 0 Å². The van der Waals surface area contributed by atoms with Crippen molar-refractivity contribution in [2.45, 2.75) is 70.8 Å². The normalized spacial score (nSPS) is 36.5. The van der Waals surface area contributed by atoms with E-state index < -0.39 is 11.5 Å². The van der Waals surface area contributed by atoms with Crippen LogP contribution in [0.3, 0.4) is 0 Å². The summed E-state index contributed by atoms with van der Waals surface area (Å²) in [6, 6.07) is 0. The number of rotatable bonds is 5. The highest BCUT2D eigenvalue weighted by Gasteiger charge is 2.47. The van der Waals surface area contributed by atoms with Crippen molar-refractivity contribution < 1.29 is 9.90 Å². The van der Waals surface area contributed by atoms with Crippen molar-refractivity contribution in [3.63, 3.8) is 0 Å². The minimum absolute atomic E-state index is 0.544. The first kappa shape index (κ1) is 14.8. The summed E-state index contributed by atoms with van der Waals surface area (Å²) in [5, 5.41) is 9.70. The molecule has 3 heteroatoms. The number of likely N-dealkylation sites (tertiary alicyclic amines) is 1. The van der Waals surface area contributed by atoms with Crippen molar-refractivity contribution in [1.82, 2.24) is 4.90 Å².